The highest BCUT2D eigenvalue weighted by atomic mass is 16.5. The van der Waals surface area contributed by atoms with Crippen molar-refractivity contribution in [3.05, 3.63) is 34.9 Å². The van der Waals surface area contributed by atoms with Crippen LogP contribution in [0.25, 0.3) is 0 Å². The molecule has 8 nitrogen and oxygen atoms in total. The summed E-state index contributed by atoms with van der Waals surface area (Å²) < 4.78 is 13.9. The van der Waals surface area contributed by atoms with E-state index in [-0.39, 0.29) is 38.0 Å². The lowest BCUT2D eigenvalue weighted by atomic mass is 10.4. The van der Waals surface area contributed by atoms with Crippen LogP contribution in [0.4, 0.5) is 0 Å². The topological polar surface area (TPSA) is 88.2 Å². The van der Waals surface area contributed by atoms with Crippen molar-refractivity contribution in [1.82, 2.24) is 19.6 Å². The first-order valence-corrected chi connectivity index (χ1v) is 9.18. The maximum absolute atomic E-state index is 11.7. The number of carbonyl (C=O) groups is 2. The Morgan fingerprint density at radius 3 is 1.56 bits per heavy atom. The molecule has 0 aromatic carbocycles. The van der Waals surface area contributed by atoms with Crippen LogP contribution >= 0.6 is 0 Å². The van der Waals surface area contributed by atoms with Gasteiger partial charge in [0.2, 0.25) is 0 Å². The first kappa shape index (κ1) is 20.7. The van der Waals surface area contributed by atoms with Crippen LogP contribution in [0.2, 0.25) is 0 Å². The van der Waals surface area contributed by atoms with Crippen molar-refractivity contribution in [3.8, 4) is 0 Å². The van der Waals surface area contributed by atoms with Gasteiger partial charge in [-0.05, 0) is 39.8 Å². The number of esters is 2. The van der Waals surface area contributed by atoms with Crippen molar-refractivity contribution in [1.29, 1.82) is 0 Å². The SMILES string of the molecule is Cc1cc(C)n(CCC(=O)OCCCOC(=O)CCn2nc(C)cc2C)n1. The molecular weight excluding hydrogens is 348 g/mol. The third-order valence-electron chi connectivity index (χ3n) is 4.08. The number of carbonyl (C=O) groups excluding carboxylic acids is 2. The smallest absolute Gasteiger partial charge is 0.307 e. The Morgan fingerprint density at radius 2 is 1.22 bits per heavy atom. The molecule has 0 amide bonds. The fourth-order valence-electron chi connectivity index (χ4n) is 2.77. The zero-order chi connectivity index (χ0) is 19.8. The van der Waals surface area contributed by atoms with Gasteiger partial charge in [-0.25, -0.2) is 0 Å². The van der Waals surface area contributed by atoms with Gasteiger partial charge in [0.1, 0.15) is 0 Å². The molecule has 0 spiro atoms. The first-order chi connectivity index (χ1) is 12.8. The maximum Gasteiger partial charge on any atom is 0.307 e. The largest absolute Gasteiger partial charge is 0.465 e. The molecule has 8 heteroatoms. The summed E-state index contributed by atoms with van der Waals surface area (Å²) in [5, 5.41) is 8.61. The Kier molecular flexibility index (Phi) is 7.57. The minimum atomic E-state index is -0.279. The molecule has 0 aliphatic rings. The summed E-state index contributed by atoms with van der Waals surface area (Å²) in [6, 6.07) is 3.93. The van der Waals surface area contributed by atoms with Gasteiger partial charge in [0, 0.05) is 17.8 Å². The molecule has 27 heavy (non-hydrogen) atoms. The Balaban J connectivity index is 1.53. The van der Waals surface area contributed by atoms with Gasteiger partial charge < -0.3 is 9.47 Å². The number of hydrogen-bond acceptors (Lipinski definition) is 6. The monoisotopic (exact) mass is 376 g/mol. The van der Waals surface area contributed by atoms with Crippen LogP contribution in [-0.4, -0.2) is 44.7 Å². The number of aromatic nitrogens is 4. The van der Waals surface area contributed by atoms with Gasteiger partial charge in [0.15, 0.2) is 0 Å². The van der Waals surface area contributed by atoms with Gasteiger partial charge in [-0.3, -0.25) is 19.0 Å². The van der Waals surface area contributed by atoms with Gasteiger partial charge in [-0.1, -0.05) is 0 Å². The Morgan fingerprint density at radius 1 is 0.815 bits per heavy atom. The second-order valence-corrected chi connectivity index (χ2v) is 6.59. The molecule has 0 N–H and O–H groups in total. The summed E-state index contributed by atoms with van der Waals surface area (Å²) >= 11 is 0. The van der Waals surface area contributed by atoms with Crippen molar-refractivity contribution in [2.45, 2.75) is 60.0 Å². The summed E-state index contributed by atoms with van der Waals surface area (Å²) in [6.45, 7) is 9.21. The molecule has 2 aromatic rings. The highest BCUT2D eigenvalue weighted by Gasteiger charge is 2.08. The number of aryl methyl sites for hydroxylation is 6. The van der Waals surface area contributed by atoms with E-state index < -0.39 is 0 Å². The van der Waals surface area contributed by atoms with E-state index in [1.54, 1.807) is 9.36 Å². The average molecular weight is 376 g/mol. The van der Waals surface area contributed by atoms with E-state index in [2.05, 4.69) is 10.2 Å². The van der Waals surface area contributed by atoms with Gasteiger partial charge in [-0.15, -0.1) is 0 Å². The van der Waals surface area contributed by atoms with Crippen molar-refractivity contribution in [2.24, 2.45) is 0 Å². The second kappa shape index (κ2) is 9.89. The molecule has 0 saturated heterocycles. The molecule has 0 atom stereocenters. The van der Waals surface area contributed by atoms with Crippen LogP contribution in [0.1, 0.15) is 42.0 Å². The Bertz CT molecular complexity index is 715. The molecular formula is C19H28N4O4. The Hall–Kier alpha value is -2.64. The highest BCUT2D eigenvalue weighted by Crippen LogP contribution is 2.04. The van der Waals surface area contributed by atoms with Crippen LogP contribution in [0.3, 0.4) is 0 Å². The van der Waals surface area contributed by atoms with Gasteiger partial charge in [0.25, 0.3) is 0 Å². The lowest BCUT2D eigenvalue weighted by Gasteiger charge is -2.08. The predicted octanol–water partition coefficient (Wildman–Crippen LogP) is 2.27. The summed E-state index contributed by atoms with van der Waals surface area (Å²) in [5.41, 5.74) is 3.90. The maximum atomic E-state index is 11.7. The molecule has 0 radical (unpaired) electrons. The molecule has 2 heterocycles. The summed E-state index contributed by atoms with van der Waals surface area (Å²) in [7, 11) is 0. The fourth-order valence-corrected chi connectivity index (χ4v) is 2.77. The first-order valence-electron chi connectivity index (χ1n) is 9.18. The molecule has 2 aromatic heterocycles. The van der Waals surface area contributed by atoms with Crippen molar-refractivity contribution >= 4 is 11.9 Å². The van der Waals surface area contributed by atoms with Crippen LogP contribution in [0.5, 0.6) is 0 Å². The molecule has 2 rings (SSSR count). The van der Waals surface area contributed by atoms with E-state index >= 15 is 0 Å². The van der Waals surface area contributed by atoms with E-state index in [0.29, 0.717) is 19.5 Å². The summed E-state index contributed by atoms with van der Waals surface area (Å²) in [5.74, 6) is -0.559. The molecule has 148 valence electrons. The molecule has 0 unspecified atom stereocenters. The Labute approximate surface area is 159 Å². The van der Waals surface area contributed by atoms with Crippen LogP contribution in [-0.2, 0) is 32.2 Å². The van der Waals surface area contributed by atoms with Crippen molar-refractivity contribution in [3.63, 3.8) is 0 Å². The van der Waals surface area contributed by atoms with Crippen LogP contribution in [0.15, 0.2) is 12.1 Å². The number of ether oxygens (including phenoxy) is 2. The van der Waals surface area contributed by atoms with E-state index in [1.807, 2.05) is 39.8 Å². The quantitative estimate of drug-likeness (QED) is 0.467. The fraction of sp³-hybridized carbons (Fsp3) is 0.579. The number of hydrogen-bond donors (Lipinski definition) is 0. The molecule has 0 saturated carbocycles. The normalized spacial score (nSPS) is 10.8. The summed E-state index contributed by atoms with van der Waals surface area (Å²) in [6.07, 6.45) is 1.02. The van der Waals surface area contributed by atoms with E-state index in [4.69, 9.17) is 9.47 Å². The molecule has 0 aliphatic carbocycles. The standard InChI is InChI=1S/C19H28N4O4/c1-14-12-16(3)22(20-14)8-6-18(24)26-10-5-11-27-19(25)7-9-23-17(4)13-15(2)21-23/h12-13H,5-11H2,1-4H3. The van der Waals surface area contributed by atoms with Crippen LogP contribution in [0, 0.1) is 27.7 Å². The summed E-state index contributed by atoms with van der Waals surface area (Å²) in [4.78, 5) is 23.5. The van der Waals surface area contributed by atoms with Gasteiger partial charge >= 0.3 is 11.9 Å². The molecule has 0 fully saturated rings. The zero-order valence-corrected chi connectivity index (χ0v) is 16.5. The number of rotatable bonds is 10. The van der Waals surface area contributed by atoms with Crippen LogP contribution < -0.4 is 0 Å². The lowest BCUT2D eigenvalue weighted by Crippen LogP contribution is -2.14. The van der Waals surface area contributed by atoms with Crippen molar-refractivity contribution in [2.75, 3.05) is 13.2 Å². The third kappa shape index (κ3) is 6.88. The minimum Gasteiger partial charge on any atom is -0.465 e. The van der Waals surface area contributed by atoms with E-state index in [9.17, 15) is 9.59 Å². The number of nitrogens with zero attached hydrogens (tertiary/aromatic N) is 4. The predicted molar refractivity (Wildman–Crippen MR) is 99.2 cm³/mol. The third-order valence-corrected chi connectivity index (χ3v) is 4.08. The zero-order valence-electron chi connectivity index (χ0n) is 16.5. The van der Waals surface area contributed by atoms with E-state index in [1.165, 1.54) is 0 Å². The van der Waals surface area contributed by atoms with Gasteiger partial charge in [0.05, 0.1) is 50.5 Å². The van der Waals surface area contributed by atoms with Crippen molar-refractivity contribution < 1.29 is 19.1 Å². The highest BCUT2D eigenvalue weighted by molar-refractivity contribution is 5.69. The molecule has 0 aliphatic heterocycles. The average Bonchev–Trinajstić information content (AvgIpc) is 3.10. The van der Waals surface area contributed by atoms with E-state index in [0.717, 1.165) is 22.8 Å². The molecule has 0 bridgehead atoms. The lowest BCUT2D eigenvalue weighted by molar-refractivity contribution is -0.146. The van der Waals surface area contributed by atoms with Gasteiger partial charge in [-0.2, -0.15) is 10.2 Å². The second-order valence-electron chi connectivity index (χ2n) is 6.59. The minimum absolute atomic E-state index is 0.237.